The fourth-order valence-corrected chi connectivity index (χ4v) is 2.17. The average Bonchev–Trinajstić information content (AvgIpc) is 2.53. The fourth-order valence-electron chi connectivity index (χ4n) is 2.17. The van der Waals surface area contributed by atoms with Gasteiger partial charge in [-0.15, -0.1) is 0 Å². The van der Waals surface area contributed by atoms with Gasteiger partial charge in [-0.1, -0.05) is 42.0 Å². The van der Waals surface area contributed by atoms with Gasteiger partial charge >= 0.3 is 5.97 Å². The molecule has 0 fully saturated rings. The number of ether oxygens (including phenoxy) is 1. The molecule has 0 saturated heterocycles. The molecule has 2 aromatic carbocycles. The first kappa shape index (κ1) is 17.5. The van der Waals surface area contributed by atoms with E-state index >= 15 is 0 Å². The SMILES string of the molecule is Cc1cccc(/C=C/C(=O)O[C@@H](C)C(=O)Nc2cccc(C)c2)c1. The summed E-state index contributed by atoms with van der Waals surface area (Å²) in [4.78, 5) is 23.9. The Morgan fingerprint density at radius 1 is 1.04 bits per heavy atom. The second kappa shape index (κ2) is 8.11. The highest BCUT2D eigenvalue weighted by Gasteiger charge is 2.16. The molecule has 0 aromatic heterocycles. The minimum atomic E-state index is -0.875. The van der Waals surface area contributed by atoms with Gasteiger partial charge in [0.25, 0.3) is 5.91 Å². The maximum absolute atomic E-state index is 12.1. The van der Waals surface area contributed by atoms with Crippen LogP contribution in [0, 0.1) is 13.8 Å². The van der Waals surface area contributed by atoms with Crippen LogP contribution in [0.2, 0.25) is 0 Å². The molecule has 1 N–H and O–H groups in total. The molecule has 0 bridgehead atoms. The zero-order chi connectivity index (χ0) is 17.5. The highest BCUT2D eigenvalue weighted by molar-refractivity contribution is 5.96. The van der Waals surface area contributed by atoms with Crippen molar-refractivity contribution in [3.8, 4) is 0 Å². The number of hydrogen-bond acceptors (Lipinski definition) is 3. The summed E-state index contributed by atoms with van der Waals surface area (Å²) in [5.41, 5.74) is 3.73. The molecule has 0 saturated carbocycles. The molecule has 124 valence electrons. The van der Waals surface area contributed by atoms with Gasteiger partial charge in [-0.25, -0.2) is 4.79 Å². The van der Waals surface area contributed by atoms with Gasteiger partial charge in [-0.3, -0.25) is 4.79 Å². The normalized spacial score (nSPS) is 12.0. The maximum atomic E-state index is 12.1. The van der Waals surface area contributed by atoms with Gasteiger partial charge in [0.2, 0.25) is 0 Å². The molecule has 4 heteroatoms. The zero-order valence-corrected chi connectivity index (χ0v) is 14.1. The molecule has 2 aromatic rings. The number of amides is 1. The molecule has 0 heterocycles. The minimum absolute atomic E-state index is 0.363. The topological polar surface area (TPSA) is 55.4 Å². The van der Waals surface area contributed by atoms with E-state index in [4.69, 9.17) is 4.74 Å². The van der Waals surface area contributed by atoms with E-state index in [0.717, 1.165) is 16.7 Å². The van der Waals surface area contributed by atoms with Crippen LogP contribution in [0.5, 0.6) is 0 Å². The number of benzene rings is 2. The molecule has 0 aliphatic carbocycles. The predicted octanol–water partition coefficient (Wildman–Crippen LogP) is 3.89. The van der Waals surface area contributed by atoms with Crippen LogP contribution in [-0.2, 0) is 14.3 Å². The monoisotopic (exact) mass is 323 g/mol. The molecular weight excluding hydrogens is 302 g/mol. The molecule has 24 heavy (non-hydrogen) atoms. The smallest absolute Gasteiger partial charge is 0.331 e. The van der Waals surface area contributed by atoms with Crippen molar-refractivity contribution in [2.24, 2.45) is 0 Å². The van der Waals surface area contributed by atoms with Crippen molar-refractivity contribution in [3.05, 3.63) is 71.3 Å². The lowest BCUT2D eigenvalue weighted by Crippen LogP contribution is -2.29. The van der Waals surface area contributed by atoms with Gasteiger partial charge in [0.15, 0.2) is 6.10 Å². The van der Waals surface area contributed by atoms with Gasteiger partial charge in [-0.2, -0.15) is 0 Å². The first-order valence-electron chi connectivity index (χ1n) is 7.77. The van der Waals surface area contributed by atoms with E-state index < -0.39 is 12.1 Å². The lowest BCUT2D eigenvalue weighted by atomic mass is 10.1. The van der Waals surface area contributed by atoms with E-state index in [9.17, 15) is 9.59 Å². The van der Waals surface area contributed by atoms with Crippen LogP contribution in [0.15, 0.2) is 54.6 Å². The quantitative estimate of drug-likeness (QED) is 0.671. The zero-order valence-electron chi connectivity index (χ0n) is 14.1. The van der Waals surface area contributed by atoms with Crippen LogP contribution in [0.3, 0.4) is 0 Å². The summed E-state index contributed by atoms with van der Waals surface area (Å²) in [7, 11) is 0. The van der Waals surface area contributed by atoms with E-state index in [0.29, 0.717) is 5.69 Å². The first-order chi connectivity index (χ1) is 11.4. The van der Waals surface area contributed by atoms with Gasteiger partial charge in [0.1, 0.15) is 0 Å². The van der Waals surface area contributed by atoms with Crippen LogP contribution < -0.4 is 5.32 Å². The minimum Gasteiger partial charge on any atom is -0.449 e. The number of carbonyl (C=O) groups excluding carboxylic acids is 2. The Morgan fingerprint density at radius 3 is 2.38 bits per heavy atom. The molecule has 0 aliphatic rings. The summed E-state index contributed by atoms with van der Waals surface area (Å²) >= 11 is 0. The predicted molar refractivity (Wildman–Crippen MR) is 95.6 cm³/mol. The number of rotatable bonds is 5. The molecule has 1 amide bonds. The van der Waals surface area contributed by atoms with Crippen molar-refractivity contribution < 1.29 is 14.3 Å². The lowest BCUT2D eigenvalue weighted by Gasteiger charge is -2.12. The maximum Gasteiger partial charge on any atom is 0.331 e. The number of aryl methyl sites for hydroxylation is 2. The van der Waals surface area contributed by atoms with Crippen molar-refractivity contribution in [3.63, 3.8) is 0 Å². The summed E-state index contributed by atoms with van der Waals surface area (Å²) in [6.07, 6.45) is 2.12. The highest BCUT2D eigenvalue weighted by atomic mass is 16.5. The Morgan fingerprint density at radius 2 is 1.71 bits per heavy atom. The van der Waals surface area contributed by atoms with Crippen molar-refractivity contribution in [1.82, 2.24) is 0 Å². The largest absolute Gasteiger partial charge is 0.449 e. The molecule has 4 nitrogen and oxygen atoms in total. The summed E-state index contributed by atoms with van der Waals surface area (Å²) in [6, 6.07) is 15.2. The highest BCUT2D eigenvalue weighted by Crippen LogP contribution is 2.11. The molecule has 0 unspecified atom stereocenters. The fraction of sp³-hybridized carbons (Fsp3) is 0.200. The third-order valence-corrected chi connectivity index (χ3v) is 3.40. The van der Waals surface area contributed by atoms with Crippen LogP contribution in [0.4, 0.5) is 5.69 Å². The number of anilines is 1. The van der Waals surface area contributed by atoms with Crippen LogP contribution in [-0.4, -0.2) is 18.0 Å². The number of carbonyl (C=O) groups is 2. The van der Waals surface area contributed by atoms with Gasteiger partial charge < -0.3 is 10.1 Å². The summed E-state index contributed by atoms with van der Waals surface area (Å²) in [5.74, 6) is -0.915. The first-order valence-corrected chi connectivity index (χ1v) is 7.77. The molecule has 0 aliphatic heterocycles. The van der Waals surface area contributed by atoms with E-state index in [2.05, 4.69) is 5.32 Å². The lowest BCUT2D eigenvalue weighted by molar-refractivity contribution is -0.148. The standard InChI is InChI=1S/C20H21NO3/c1-14-6-4-8-17(12-14)10-11-19(22)24-16(3)20(23)21-18-9-5-7-15(2)13-18/h4-13,16H,1-3H3,(H,21,23)/b11-10+/t16-/m0/s1. The van der Waals surface area contributed by atoms with Crippen LogP contribution >= 0.6 is 0 Å². The Labute approximate surface area is 142 Å². The molecule has 1 atom stereocenters. The molecular formula is C20H21NO3. The molecule has 0 radical (unpaired) electrons. The third-order valence-electron chi connectivity index (χ3n) is 3.40. The second-order valence-corrected chi connectivity index (χ2v) is 5.69. The van der Waals surface area contributed by atoms with Crippen molar-refractivity contribution in [1.29, 1.82) is 0 Å². The average molecular weight is 323 g/mol. The van der Waals surface area contributed by atoms with Crippen molar-refractivity contribution in [2.45, 2.75) is 26.9 Å². The van der Waals surface area contributed by atoms with Crippen LogP contribution in [0.25, 0.3) is 6.08 Å². The van der Waals surface area contributed by atoms with E-state index in [-0.39, 0.29) is 5.91 Å². The van der Waals surface area contributed by atoms with Gasteiger partial charge in [0, 0.05) is 11.8 Å². The van der Waals surface area contributed by atoms with Crippen molar-refractivity contribution >= 4 is 23.6 Å². The van der Waals surface area contributed by atoms with E-state index in [1.54, 1.807) is 19.1 Å². The third kappa shape index (κ3) is 5.39. The number of nitrogens with one attached hydrogen (secondary N) is 1. The van der Waals surface area contributed by atoms with Crippen molar-refractivity contribution in [2.75, 3.05) is 5.32 Å². The summed E-state index contributed by atoms with van der Waals surface area (Å²) in [5, 5.41) is 2.73. The number of hydrogen-bond donors (Lipinski definition) is 1. The molecule has 0 spiro atoms. The second-order valence-electron chi connectivity index (χ2n) is 5.69. The van der Waals surface area contributed by atoms with E-state index in [1.165, 1.54) is 6.08 Å². The summed E-state index contributed by atoms with van der Waals surface area (Å²) < 4.78 is 5.13. The Kier molecular flexibility index (Phi) is 5.90. The van der Waals surface area contributed by atoms with Crippen LogP contribution in [0.1, 0.15) is 23.6 Å². The van der Waals surface area contributed by atoms with Gasteiger partial charge in [0.05, 0.1) is 0 Å². The summed E-state index contributed by atoms with van der Waals surface area (Å²) in [6.45, 7) is 5.46. The Hall–Kier alpha value is -2.88. The molecule has 2 rings (SSSR count). The Bertz CT molecular complexity index is 765. The number of esters is 1. The van der Waals surface area contributed by atoms with Gasteiger partial charge in [-0.05, 0) is 50.1 Å². The Balaban J connectivity index is 1.89. The van der Waals surface area contributed by atoms with E-state index in [1.807, 2.05) is 56.3 Å².